The van der Waals surface area contributed by atoms with Crippen LogP contribution >= 0.6 is 11.8 Å². The molecule has 2 N–H and O–H groups in total. The first-order valence-corrected chi connectivity index (χ1v) is 7.43. The van der Waals surface area contributed by atoms with E-state index in [-0.39, 0.29) is 5.91 Å². The van der Waals surface area contributed by atoms with E-state index in [0.717, 1.165) is 11.3 Å². The van der Waals surface area contributed by atoms with E-state index in [2.05, 4.69) is 10.1 Å². The minimum Gasteiger partial charge on any atom is -0.366 e. The quantitative estimate of drug-likeness (QED) is 0.859. The zero-order valence-corrected chi connectivity index (χ0v) is 12.8. The molecule has 0 bridgehead atoms. The molecule has 8 heteroatoms. The second-order valence-electron chi connectivity index (χ2n) is 5.06. The molecule has 0 spiro atoms. The first-order valence-electron chi connectivity index (χ1n) is 6.44. The molecule has 1 saturated heterocycles. The molecule has 3 rings (SSSR count). The highest BCUT2D eigenvalue weighted by Crippen LogP contribution is 2.41. The van der Waals surface area contributed by atoms with Crippen molar-refractivity contribution in [3.05, 3.63) is 28.7 Å². The van der Waals surface area contributed by atoms with Crippen LogP contribution in [0.25, 0.3) is 0 Å². The highest BCUT2D eigenvalue weighted by Gasteiger charge is 2.43. The summed E-state index contributed by atoms with van der Waals surface area (Å²) in [5, 5.41) is 4.92. The number of nitrogens with two attached hydrogens (primary N) is 1. The number of primary amides is 1. The molecule has 2 aliphatic rings. The Morgan fingerprint density at radius 3 is 2.76 bits per heavy atom. The number of carbonyl (C=O) groups is 2. The van der Waals surface area contributed by atoms with E-state index in [0.29, 0.717) is 22.2 Å². The standard InChI is InChI=1S/C13H15N5O2S/c1-6-8(4-17(3)16-6)11-10(12(14)20)7(2)15-13-18(11)9(19)5-21-13/h4,11H,5H2,1-3H3,(H2,14,20)/t11-/m0/s1. The summed E-state index contributed by atoms with van der Waals surface area (Å²) < 4.78 is 1.66. The highest BCUT2D eigenvalue weighted by atomic mass is 32.2. The van der Waals surface area contributed by atoms with Crippen LogP contribution in [0.2, 0.25) is 0 Å². The van der Waals surface area contributed by atoms with Crippen molar-refractivity contribution in [2.45, 2.75) is 19.9 Å². The number of aliphatic imine (C=N–C) groups is 1. The maximum atomic E-state index is 12.2. The number of fused-ring (bicyclic) bond motifs is 1. The zero-order valence-electron chi connectivity index (χ0n) is 12.0. The van der Waals surface area contributed by atoms with Gasteiger partial charge in [0, 0.05) is 18.8 Å². The Morgan fingerprint density at radius 2 is 2.19 bits per heavy atom. The first-order chi connectivity index (χ1) is 9.90. The van der Waals surface area contributed by atoms with Crippen molar-refractivity contribution in [2.24, 2.45) is 17.8 Å². The largest absolute Gasteiger partial charge is 0.366 e. The Hall–Kier alpha value is -2.09. The topological polar surface area (TPSA) is 93.6 Å². The maximum absolute atomic E-state index is 12.2. The lowest BCUT2D eigenvalue weighted by Crippen LogP contribution is -2.40. The third-order valence-electron chi connectivity index (χ3n) is 3.60. The first kappa shape index (κ1) is 13.9. The predicted octanol–water partition coefficient (Wildman–Crippen LogP) is 0.474. The Kier molecular flexibility index (Phi) is 3.12. The summed E-state index contributed by atoms with van der Waals surface area (Å²) in [4.78, 5) is 30.0. The Labute approximate surface area is 125 Å². The Morgan fingerprint density at radius 1 is 1.48 bits per heavy atom. The van der Waals surface area contributed by atoms with Gasteiger partial charge in [0.25, 0.3) is 0 Å². The van der Waals surface area contributed by atoms with E-state index < -0.39 is 11.9 Å². The highest BCUT2D eigenvalue weighted by molar-refractivity contribution is 8.15. The molecule has 0 radical (unpaired) electrons. The molecule has 2 aliphatic heterocycles. The SMILES string of the molecule is CC1=C(C(N)=O)[C@H](c2cn(C)nc2C)N2C(=O)CSC2=N1. The average molecular weight is 305 g/mol. The molecule has 1 atom stereocenters. The van der Waals surface area contributed by atoms with Crippen LogP contribution in [0.1, 0.15) is 24.2 Å². The van der Waals surface area contributed by atoms with Gasteiger partial charge in [-0.25, -0.2) is 4.99 Å². The summed E-state index contributed by atoms with van der Waals surface area (Å²) in [5.74, 6) is -0.306. The van der Waals surface area contributed by atoms with Gasteiger partial charge in [-0.2, -0.15) is 5.10 Å². The molecule has 1 aromatic rings. The van der Waals surface area contributed by atoms with Crippen molar-refractivity contribution in [1.29, 1.82) is 0 Å². The minimum absolute atomic E-state index is 0.0711. The number of amidine groups is 1. The van der Waals surface area contributed by atoms with E-state index >= 15 is 0 Å². The van der Waals surface area contributed by atoms with Crippen LogP contribution in [0, 0.1) is 6.92 Å². The molecular weight excluding hydrogens is 290 g/mol. The number of aromatic nitrogens is 2. The summed E-state index contributed by atoms with van der Waals surface area (Å²) in [6, 6.07) is -0.536. The van der Waals surface area contributed by atoms with E-state index in [1.165, 1.54) is 11.8 Å². The Bertz CT molecular complexity index is 718. The molecule has 0 saturated carbocycles. The monoisotopic (exact) mass is 305 g/mol. The smallest absolute Gasteiger partial charge is 0.248 e. The predicted molar refractivity (Wildman–Crippen MR) is 79.3 cm³/mol. The summed E-state index contributed by atoms with van der Waals surface area (Å²) in [6.07, 6.45) is 1.81. The number of allylic oxidation sites excluding steroid dienone is 1. The average Bonchev–Trinajstić information content (AvgIpc) is 2.91. The lowest BCUT2D eigenvalue weighted by Gasteiger charge is -2.32. The second-order valence-corrected chi connectivity index (χ2v) is 6.00. The number of thioether (sulfide) groups is 1. The third kappa shape index (κ3) is 2.06. The van der Waals surface area contributed by atoms with Gasteiger partial charge in [0.15, 0.2) is 5.17 Å². The normalized spacial score (nSPS) is 21.7. The summed E-state index contributed by atoms with van der Waals surface area (Å²) >= 11 is 1.38. The summed E-state index contributed by atoms with van der Waals surface area (Å²) in [7, 11) is 1.80. The van der Waals surface area contributed by atoms with E-state index in [4.69, 9.17) is 5.73 Å². The fraction of sp³-hybridized carbons (Fsp3) is 0.385. The van der Waals surface area contributed by atoms with Crippen molar-refractivity contribution in [3.8, 4) is 0 Å². The van der Waals surface area contributed by atoms with Crippen LogP contribution in [0.5, 0.6) is 0 Å². The second kappa shape index (κ2) is 4.73. The summed E-state index contributed by atoms with van der Waals surface area (Å²) in [6.45, 7) is 3.59. The van der Waals surface area contributed by atoms with Crippen molar-refractivity contribution in [1.82, 2.24) is 14.7 Å². The molecule has 110 valence electrons. The number of aryl methyl sites for hydroxylation is 2. The molecule has 2 amide bonds. The molecule has 0 aliphatic carbocycles. The molecule has 1 aromatic heterocycles. The van der Waals surface area contributed by atoms with Crippen molar-refractivity contribution in [3.63, 3.8) is 0 Å². The molecule has 1 fully saturated rings. The van der Waals surface area contributed by atoms with Crippen LogP contribution in [0.3, 0.4) is 0 Å². The number of hydrogen-bond donors (Lipinski definition) is 1. The molecule has 3 heterocycles. The van der Waals surface area contributed by atoms with Crippen LogP contribution in [0.15, 0.2) is 22.5 Å². The van der Waals surface area contributed by atoms with Gasteiger partial charge >= 0.3 is 0 Å². The van der Waals surface area contributed by atoms with Crippen LogP contribution in [-0.2, 0) is 16.6 Å². The van der Waals surface area contributed by atoms with Gasteiger partial charge in [-0.15, -0.1) is 0 Å². The number of hydrogen-bond acceptors (Lipinski definition) is 5. The van der Waals surface area contributed by atoms with Gasteiger partial charge in [-0.05, 0) is 13.8 Å². The molecule has 0 unspecified atom stereocenters. The Balaban J connectivity index is 2.22. The van der Waals surface area contributed by atoms with Gasteiger partial charge in [-0.3, -0.25) is 19.2 Å². The van der Waals surface area contributed by atoms with Crippen LogP contribution < -0.4 is 5.73 Å². The summed E-state index contributed by atoms with van der Waals surface area (Å²) in [5.41, 5.74) is 8.01. The molecular formula is C13H15N5O2S. The molecule has 0 aromatic carbocycles. The molecule has 7 nitrogen and oxygen atoms in total. The van der Waals surface area contributed by atoms with Gasteiger partial charge in [-0.1, -0.05) is 11.8 Å². The minimum atomic E-state index is -0.562. The van der Waals surface area contributed by atoms with Crippen molar-refractivity contribution in [2.75, 3.05) is 5.75 Å². The van der Waals surface area contributed by atoms with Gasteiger partial charge in [0.05, 0.1) is 28.8 Å². The van der Waals surface area contributed by atoms with Gasteiger partial charge < -0.3 is 5.73 Å². The number of amides is 2. The number of carbonyl (C=O) groups excluding carboxylic acids is 2. The maximum Gasteiger partial charge on any atom is 0.248 e. The van der Waals surface area contributed by atoms with Gasteiger partial charge in [0.2, 0.25) is 11.8 Å². The lowest BCUT2D eigenvalue weighted by molar-refractivity contribution is -0.125. The zero-order chi connectivity index (χ0) is 15.3. The third-order valence-corrected chi connectivity index (χ3v) is 4.53. The molecule has 21 heavy (non-hydrogen) atoms. The lowest BCUT2D eigenvalue weighted by atomic mass is 9.94. The van der Waals surface area contributed by atoms with Crippen LogP contribution in [-0.4, -0.2) is 37.4 Å². The van der Waals surface area contributed by atoms with Crippen molar-refractivity contribution < 1.29 is 9.59 Å². The van der Waals surface area contributed by atoms with Gasteiger partial charge in [0.1, 0.15) is 0 Å². The van der Waals surface area contributed by atoms with E-state index in [9.17, 15) is 9.59 Å². The van der Waals surface area contributed by atoms with Crippen LogP contribution in [0.4, 0.5) is 0 Å². The van der Waals surface area contributed by atoms with E-state index in [1.807, 2.05) is 13.1 Å². The fourth-order valence-corrected chi connectivity index (χ4v) is 3.68. The van der Waals surface area contributed by atoms with E-state index in [1.54, 1.807) is 23.6 Å². The number of nitrogens with zero attached hydrogens (tertiary/aromatic N) is 4. The van der Waals surface area contributed by atoms with Crippen molar-refractivity contribution >= 4 is 28.7 Å². The fourth-order valence-electron chi connectivity index (χ4n) is 2.74. The number of rotatable bonds is 2.